The van der Waals surface area contributed by atoms with E-state index in [9.17, 15) is 9.59 Å². The summed E-state index contributed by atoms with van der Waals surface area (Å²) in [5.41, 5.74) is 3.12. The van der Waals surface area contributed by atoms with Crippen LogP contribution in [0.15, 0.2) is 66.9 Å². The second kappa shape index (κ2) is 9.31. The number of anilines is 2. The number of hydrogen-bond acceptors (Lipinski definition) is 5. The molecule has 0 aromatic heterocycles. The van der Waals surface area contributed by atoms with Crippen LogP contribution in [0, 0.1) is 0 Å². The quantitative estimate of drug-likeness (QED) is 0.506. The van der Waals surface area contributed by atoms with E-state index >= 15 is 0 Å². The van der Waals surface area contributed by atoms with Crippen LogP contribution in [0.1, 0.15) is 19.4 Å². The lowest BCUT2D eigenvalue weighted by atomic mass is 10.0. The van der Waals surface area contributed by atoms with E-state index in [1.54, 1.807) is 37.5 Å². The molecule has 0 saturated heterocycles. The van der Waals surface area contributed by atoms with Crippen LogP contribution >= 0.6 is 0 Å². The average molecular weight is 405 g/mol. The molecular formula is C24H27N3O3. The fourth-order valence-corrected chi connectivity index (χ4v) is 3.50. The topological polar surface area (TPSA) is 61.9 Å². The second-order valence-corrected chi connectivity index (χ2v) is 6.83. The van der Waals surface area contributed by atoms with Crippen LogP contribution in [-0.2, 0) is 9.59 Å². The van der Waals surface area contributed by atoms with Gasteiger partial charge in [0.05, 0.1) is 12.7 Å². The minimum absolute atomic E-state index is 0.156. The van der Waals surface area contributed by atoms with Gasteiger partial charge in [-0.2, -0.15) is 0 Å². The average Bonchev–Trinajstić information content (AvgIpc) is 3.00. The molecule has 2 amide bonds. The smallest absolute Gasteiger partial charge is 0.278 e. The molecule has 0 saturated carbocycles. The third-order valence-corrected chi connectivity index (χ3v) is 5.12. The zero-order valence-corrected chi connectivity index (χ0v) is 17.6. The lowest BCUT2D eigenvalue weighted by Crippen LogP contribution is -2.32. The van der Waals surface area contributed by atoms with Gasteiger partial charge in [0.2, 0.25) is 0 Å². The number of carbonyl (C=O) groups excluding carboxylic acids is 2. The fourth-order valence-electron chi connectivity index (χ4n) is 3.50. The third kappa shape index (κ3) is 4.08. The first-order chi connectivity index (χ1) is 14.5. The van der Waals surface area contributed by atoms with E-state index in [-0.39, 0.29) is 24.1 Å². The molecule has 0 bridgehead atoms. The van der Waals surface area contributed by atoms with Gasteiger partial charge in [-0.3, -0.25) is 14.5 Å². The molecule has 0 radical (unpaired) electrons. The zero-order chi connectivity index (χ0) is 21.7. The largest absolute Gasteiger partial charge is 0.497 e. The van der Waals surface area contributed by atoms with Gasteiger partial charge in [-0.25, -0.2) is 0 Å². The van der Waals surface area contributed by atoms with Crippen molar-refractivity contribution >= 4 is 28.8 Å². The van der Waals surface area contributed by atoms with Crippen LogP contribution < -0.4 is 15.0 Å². The Morgan fingerprint density at radius 3 is 2.17 bits per heavy atom. The molecule has 3 rings (SSSR count). The normalized spacial score (nSPS) is 13.6. The Balaban J connectivity index is 1.97. The first kappa shape index (κ1) is 21.2. The molecule has 1 heterocycles. The number of nitrogens with zero attached hydrogens (tertiary/aromatic N) is 2. The molecule has 2 aromatic carbocycles. The van der Waals surface area contributed by atoms with Crippen LogP contribution in [0.3, 0.4) is 0 Å². The van der Waals surface area contributed by atoms with Crippen molar-refractivity contribution in [3.63, 3.8) is 0 Å². The van der Waals surface area contributed by atoms with Crippen molar-refractivity contribution in [2.24, 2.45) is 0 Å². The molecule has 0 atom stereocenters. The van der Waals surface area contributed by atoms with Gasteiger partial charge in [-0.15, -0.1) is 6.58 Å². The molecule has 6 heteroatoms. The molecule has 0 fully saturated rings. The molecule has 0 unspecified atom stereocenters. The summed E-state index contributed by atoms with van der Waals surface area (Å²) < 4.78 is 5.20. The number of rotatable bonds is 9. The molecule has 2 aromatic rings. The maximum atomic E-state index is 13.0. The molecular weight excluding hydrogens is 378 g/mol. The van der Waals surface area contributed by atoms with Crippen molar-refractivity contribution in [1.29, 1.82) is 0 Å². The Labute approximate surface area is 177 Å². The summed E-state index contributed by atoms with van der Waals surface area (Å²) >= 11 is 0. The van der Waals surface area contributed by atoms with Crippen molar-refractivity contribution < 1.29 is 14.3 Å². The Bertz CT molecular complexity index is 958. The Morgan fingerprint density at radius 2 is 1.63 bits per heavy atom. The Morgan fingerprint density at radius 1 is 1.00 bits per heavy atom. The summed E-state index contributed by atoms with van der Waals surface area (Å²) in [5, 5.41) is 3.17. The predicted octanol–water partition coefficient (Wildman–Crippen LogP) is 3.92. The van der Waals surface area contributed by atoms with E-state index in [0.29, 0.717) is 16.9 Å². The summed E-state index contributed by atoms with van der Waals surface area (Å²) in [5.74, 6) is -0.0218. The van der Waals surface area contributed by atoms with Gasteiger partial charge < -0.3 is 15.0 Å². The van der Waals surface area contributed by atoms with E-state index in [0.717, 1.165) is 24.5 Å². The van der Waals surface area contributed by atoms with E-state index in [4.69, 9.17) is 4.74 Å². The molecule has 1 N–H and O–H groups in total. The SMILES string of the molecule is C=CCN1C(=O)C(Nc2ccc(N(CC)CC)cc2)=C(c2ccc(OC)cc2)C1=O. The maximum absolute atomic E-state index is 13.0. The summed E-state index contributed by atoms with van der Waals surface area (Å²) in [6.45, 7) is 9.87. The van der Waals surface area contributed by atoms with E-state index in [1.807, 2.05) is 24.3 Å². The van der Waals surface area contributed by atoms with Crippen LogP contribution in [0.25, 0.3) is 5.57 Å². The molecule has 30 heavy (non-hydrogen) atoms. The third-order valence-electron chi connectivity index (χ3n) is 5.12. The van der Waals surface area contributed by atoms with Gasteiger partial charge in [0.1, 0.15) is 11.4 Å². The van der Waals surface area contributed by atoms with Crippen LogP contribution in [0.4, 0.5) is 11.4 Å². The van der Waals surface area contributed by atoms with Crippen LogP contribution in [0.5, 0.6) is 5.75 Å². The highest BCUT2D eigenvalue weighted by Crippen LogP contribution is 2.31. The monoisotopic (exact) mass is 405 g/mol. The van der Waals surface area contributed by atoms with Gasteiger partial charge in [0.25, 0.3) is 11.8 Å². The van der Waals surface area contributed by atoms with E-state index in [2.05, 4.69) is 30.6 Å². The highest BCUT2D eigenvalue weighted by molar-refractivity contribution is 6.36. The summed E-state index contributed by atoms with van der Waals surface area (Å²) in [6.07, 6.45) is 1.54. The van der Waals surface area contributed by atoms with E-state index < -0.39 is 0 Å². The highest BCUT2D eigenvalue weighted by Gasteiger charge is 2.38. The molecule has 0 aliphatic carbocycles. The number of nitrogens with one attached hydrogen (secondary N) is 1. The zero-order valence-electron chi connectivity index (χ0n) is 17.6. The second-order valence-electron chi connectivity index (χ2n) is 6.83. The molecule has 6 nitrogen and oxygen atoms in total. The maximum Gasteiger partial charge on any atom is 0.278 e. The van der Waals surface area contributed by atoms with Crippen molar-refractivity contribution in [2.45, 2.75) is 13.8 Å². The fraction of sp³-hybridized carbons (Fsp3) is 0.250. The number of benzene rings is 2. The predicted molar refractivity (Wildman–Crippen MR) is 120 cm³/mol. The Kier molecular flexibility index (Phi) is 6.57. The minimum Gasteiger partial charge on any atom is -0.497 e. The highest BCUT2D eigenvalue weighted by atomic mass is 16.5. The lowest BCUT2D eigenvalue weighted by molar-refractivity contribution is -0.136. The van der Waals surface area contributed by atoms with Crippen LogP contribution in [-0.4, -0.2) is 43.5 Å². The van der Waals surface area contributed by atoms with Crippen molar-refractivity contribution in [3.05, 3.63) is 72.4 Å². The minimum atomic E-state index is -0.362. The summed E-state index contributed by atoms with van der Waals surface area (Å²) in [4.78, 5) is 29.4. The Hall–Kier alpha value is -3.54. The number of imide groups is 1. The van der Waals surface area contributed by atoms with Gasteiger partial charge in [0.15, 0.2) is 0 Å². The molecule has 156 valence electrons. The first-order valence-electron chi connectivity index (χ1n) is 10.0. The van der Waals surface area contributed by atoms with Crippen molar-refractivity contribution in [1.82, 2.24) is 4.90 Å². The summed E-state index contributed by atoms with van der Waals surface area (Å²) in [6, 6.07) is 14.9. The first-order valence-corrected chi connectivity index (χ1v) is 10.0. The van der Waals surface area contributed by atoms with Gasteiger partial charge in [0, 0.05) is 31.0 Å². The number of ether oxygens (including phenoxy) is 1. The van der Waals surface area contributed by atoms with E-state index in [1.165, 1.54) is 4.90 Å². The van der Waals surface area contributed by atoms with Crippen LogP contribution in [0.2, 0.25) is 0 Å². The molecule has 1 aliphatic heterocycles. The number of hydrogen-bond donors (Lipinski definition) is 1. The van der Waals surface area contributed by atoms with Crippen molar-refractivity contribution in [3.8, 4) is 5.75 Å². The number of methoxy groups -OCH3 is 1. The lowest BCUT2D eigenvalue weighted by Gasteiger charge is -2.21. The molecule has 1 aliphatic rings. The van der Waals surface area contributed by atoms with Gasteiger partial charge in [-0.05, 0) is 55.8 Å². The standard InChI is InChI=1S/C24H27N3O3/c1-5-16-27-23(28)21(17-8-14-20(30-4)15-9-17)22(24(27)29)25-18-10-12-19(13-11-18)26(6-2)7-3/h5,8-15,25H,1,6-7,16H2,2-4H3. The summed E-state index contributed by atoms with van der Waals surface area (Å²) in [7, 11) is 1.58. The number of carbonyl (C=O) groups is 2. The van der Waals surface area contributed by atoms with Crippen molar-refractivity contribution in [2.75, 3.05) is 37.0 Å². The van der Waals surface area contributed by atoms with Gasteiger partial charge >= 0.3 is 0 Å². The molecule has 0 spiro atoms. The number of amides is 2. The van der Waals surface area contributed by atoms with Gasteiger partial charge in [-0.1, -0.05) is 18.2 Å².